The summed E-state index contributed by atoms with van der Waals surface area (Å²) in [6.45, 7) is -0.0427. The van der Waals surface area contributed by atoms with Crippen LogP contribution in [-0.2, 0) is 11.3 Å². The molecule has 0 saturated carbocycles. The Kier molecular flexibility index (Phi) is 5.04. The van der Waals surface area contributed by atoms with E-state index in [9.17, 15) is 9.18 Å². The van der Waals surface area contributed by atoms with E-state index < -0.39 is 11.8 Å². The van der Waals surface area contributed by atoms with E-state index in [0.29, 0.717) is 16.3 Å². The molecule has 1 N–H and O–H groups in total. The Morgan fingerprint density at radius 1 is 1.14 bits per heavy atom. The lowest BCUT2D eigenvalue weighted by molar-refractivity contribution is -0.135. The summed E-state index contributed by atoms with van der Waals surface area (Å²) in [7, 11) is 0. The van der Waals surface area contributed by atoms with Gasteiger partial charge in [0.05, 0.1) is 5.02 Å². The van der Waals surface area contributed by atoms with Crippen molar-refractivity contribution < 1.29 is 14.3 Å². The number of nitrogens with zero attached hydrogens (tertiary/aromatic N) is 1. The molecule has 0 atom stereocenters. The molecule has 0 aliphatic carbocycles. The molecule has 0 radical (unpaired) electrons. The van der Waals surface area contributed by atoms with Crippen molar-refractivity contribution in [3.8, 4) is 0 Å². The van der Waals surface area contributed by atoms with Crippen LogP contribution in [0.15, 0.2) is 42.5 Å². The first-order chi connectivity index (χ1) is 9.97. The molecule has 0 heterocycles. The number of hydrogen-bond donors (Lipinski definition) is 1. The lowest BCUT2D eigenvalue weighted by Crippen LogP contribution is -2.29. The molecule has 0 aliphatic rings. The molecule has 2 aromatic carbocycles. The van der Waals surface area contributed by atoms with Gasteiger partial charge in [-0.15, -0.1) is 0 Å². The molecule has 6 heteroatoms. The molecule has 2 aromatic rings. The van der Waals surface area contributed by atoms with E-state index in [0.717, 1.165) is 0 Å². The van der Waals surface area contributed by atoms with Crippen LogP contribution in [0.4, 0.5) is 10.1 Å². The third-order valence-electron chi connectivity index (χ3n) is 2.91. The van der Waals surface area contributed by atoms with Crippen molar-refractivity contribution >= 4 is 34.9 Å². The molecule has 3 nitrogen and oxygen atoms in total. The van der Waals surface area contributed by atoms with E-state index in [4.69, 9.17) is 28.3 Å². The lowest BCUT2D eigenvalue weighted by atomic mass is 10.2. The van der Waals surface area contributed by atoms with Crippen molar-refractivity contribution in [3.05, 3.63) is 63.9 Å². The molecule has 0 bridgehead atoms. The van der Waals surface area contributed by atoms with E-state index in [1.807, 2.05) is 0 Å². The largest absolute Gasteiger partial charge is 0.480 e. The van der Waals surface area contributed by atoms with Gasteiger partial charge in [-0.05, 0) is 35.9 Å². The zero-order valence-corrected chi connectivity index (χ0v) is 12.4. The van der Waals surface area contributed by atoms with Crippen LogP contribution in [0.25, 0.3) is 0 Å². The van der Waals surface area contributed by atoms with Crippen LogP contribution in [0.2, 0.25) is 10.0 Å². The molecule has 110 valence electrons. The third kappa shape index (κ3) is 4.09. The second-order valence-electron chi connectivity index (χ2n) is 4.44. The summed E-state index contributed by atoms with van der Waals surface area (Å²) in [6, 6.07) is 11.2. The molecule has 0 spiro atoms. The maximum absolute atomic E-state index is 13.5. The highest BCUT2D eigenvalue weighted by Gasteiger charge is 2.14. The Labute approximate surface area is 131 Å². The molecule has 0 amide bonds. The highest BCUT2D eigenvalue weighted by Crippen LogP contribution is 2.25. The van der Waals surface area contributed by atoms with Gasteiger partial charge in [0, 0.05) is 17.3 Å². The minimum atomic E-state index is -0.988. The molecular weight excluding hydrogens is 316 g/mol. The molecule has 0 aliphatic heterocycles. The standard InChI is InChI=1S/C15H12Cl2FNO2/c16-11-4-6-12(7-5-11)19(9-14(20)21)8-10-2-1-3-13(18)15(10)17/h1-7H,8-9H2,(H,20,21). The zero-order chi connectivity index (χ0) is 15.4. The molecule has 0 unspecified atom stereocenters. The highest BCUT2D eigenvalue weighted by molar-refractivity contribution is 6.31. The summed E-state index contributed by atoms with van der Waals surface area (Å²) >= 11 is 11.7. The van der Waals surface area contributed by atoms with E-state index in [1.54, 1.807) is 35.2 Å². The van der Waals surface area contributed by atoms with Gasteiger partial charge in [0.2, 0.25) is 0 Å². The van der Waals surface area contributed by atoms with Gasteiger partial charge < -0.3 is 10.0 Å². The average Bonchev–Trinajstić information content (AvgIpc) is 2.43. The first kappa shape index (κ1) is 15.6. The SMILES string of the molecule is O=C(O)CN(Cc1cccc(F)c1Cl)c1ccc(Cl)cc1. The predicted octanol–water partition coefficient (Wildman–Crippen LogP) is 4.22. The van der Waals surface area contributed by atoms with Crippen LogP contribution < -0.4 is 4.90 Å². The van der Waals surface area contributed by atoms with Gasteiger partial charge in [-0.3, -0.25) is 4.79 Å². The fourth-order valence-electron chi connectivity index (χ4n) is 1.93. The summed E-state index contributed by atoms with van der Waals surface area (Å²) < 4.78 is 13.5. The molecule has 21 heavy (non-hydrogen) atoms. The second kappa shape index (κ2) is 6.78. The number of aliphatic carboxylic acids is 1. The highest BCUT2D eigenvalue weighted by atomic mass is 35.5. The minimum absolute atomic E-state index is 0.00172. The lowest BCUT2D eigenvalue weighted by Gasteiger charge is -2.23. The summed E-state index contributed by atoms with van der Waals surface area (Å²) in [5.41, 5.74) is 1.19. The van der Waals surface area contributed by atoms with Gasteiger partial charge in [-0.25, -0.2) is 4.39 Å². The van der Waals surface area contributed by atoms with Crippen molar-refractivity contribution in [1.29, 1.82) is 0 Å². The van der Waals surface area contributed by atoms with E-state index >= 15 is 0 Å². The van der Waals surface area contributed by atoms with Crippen LogP contribution in [0.1, 0.15) is 5.56 Å². The summed E-state index contributed by atoms with van der Waals surface area (Å²) in [6.07, 6.45) is 0. The van der Waals surface area contributed by atoms with Crippen LogP contribution in [0.5, 0.6) is 0 Å². The van der Waals surface area contributed by atoms with Gasteiger partial charge in [-0.1, -0.05) is 35.3 Å². The van der Waals surface area contributed by atoms with Crippen LogP contribution in [-0.4, -0.2) is 17.6 Å². The van der Waals surface area contributed by atoms with E-state index in [1.165, 1.54) is 12.1 Å². The molecule has 2 rings (SSSR count). The number of carbonyl (C=O) groups is 1. The topological polar surface area (TPSA) is 40.5 Å². The summed E-state index contributed by atoms with van der Waals surface area (Å²) in [4.78, 5) is 12.6. The number of carboxylic acid groups (broad SMARTS) is 1. The van der Waals surface area contributed by atoms with Crippen LogP contribution in [0, 0.1) is 5.82 Å². The normalized spacial score (nSPS) is 10.4. The fourth-order valence-corrected chi connectivity index (χ4v) is 2.24. The van der Waals surface area contributed by atoms with Crippen molar-refractivity contribution in [2.45, 2.75) is 6.54 Å². The number of halogens is 3. The van der Waals surface area contributed by atoms with Crippen molar-refractivity contribution in [2.75, 3.05) is 11.4 Å². The Bertz CT molecular complexity index is 647. The zero-order valence-electron chi connectivity index (χ0n) is 10.9. The predicted molar refractivity (Wildman–Crippen MR) is 81.5 cm³/mol. The van der Waals surface area contributed by atoms with Crippen LogP contribution in [0.3, 0.4) is 0 Å². The minimum Gasteiger partial charge on any atom is -0.480 e. The van der Waals surface area contributed by atoms with Gasteiger partial charge in [-0.2, -0.15) is 0 Å². The number of carboxylic acids is 1. The molecule has 0 saturated heterocycles. The number of rotatable bonds is 5. The van der Waals surface area contributed by atoms with Gasteiger partial charge >= 0.3 is 5.97 Å². The number of anilines is 1. The number of hydrogen-bond acceptors (Lipinski definition) is 2. The van der Waals surface area contributed by atoms with Gasteiger partial charge in [0.1, 0.15) is 12.4 Å². The molecular formula is C15H12Cl2FNO2. The van der Waals surface area contributed by atoms with Gasteiger partial charge in [0.25, 0.3) is 0 Å². The quantitative estimate of drug-likeness (QED) is 0.893. The third-order valence-corrected chi connectivity index (χ3v) is 3.59. The van der Waals surface area contributed by atoms with Crippen LogP contribution >= 0.6 is 23.2 Å². The summed E-state index contributed by atoms with van der Waals surface area (Å²) in [5, 5.41) is 9.58. The molecule has 0 aromatic heterocycles. The van der Waals surface area contributed by atoms with E-state index in [2.05, 4.69) is 0 Å². The Balaban J connectivity index is 2.30. The first-order valence-electron chi connectivity index (χ1n) is 6.12. The smallest absolute Gasteiger partial charge is 0.323 e. The fraction of sp³-hybridized carbons (Fsp3) is 0.133. The maximum Gasteiger partial charge on any atom is 0.323 e. The van der Waals surface area contributed by atoms with Crippen molar-refractivity contribution in [1.82, 2.24) is 0 Å². The van der Waals surface area contributed by atoms with Gasteiger partial charge in [0.15, 0.2) is 0 Å². The Morgan fingerprint density at radius 2 is 1.81 bits per heavy atom. The Morgan fingerprint density at radius 3 is 2.43 bits per heavy atom. The van der Waals surface area contributed by atoms with Crippen molar-refractivity contribution in [2.24, 2.45) is 0 Å². The first-order valence-corrected chi connectivity index (χ1v) is 6.88. The average molecular weight is 328 g/mol. The Hall–Kier alpha value is -1.78. The molecule has 0 fully saturated rings. The summed E-state index contributed by atoms with van der Waals surface area (Å²) in [5.74, 6) is -1.52. The number of benzene rings is 2. The van der Waals surface area contributed by atoms with E-state index in [-0.39, 0.29) is 18.1 Å². The maximum atomic E-state index is 13.5. The van der Waals surface area contributed by atoms with Crippen molar-refractivity contribution in [3.63, 3.8) is 0 Å². The monoisotopic (exact) mass is 327 g/mol. The second-order valence-corrected chi connectivity index (χ2v) is 5.25.